The maximum Gasteiger partial charge on any atom is 0.233 e. The number of phenolic OH excluding ortho intramolecular Hbond substituents is 1. The molecule has 0 atom stereocenters. The van der Waals surface area contributed by atoms with Crippen LogP contribution in [0, 0.1) is 0 Å². The van der Waals surface area contributed by atoms with Gasteiger partial charge in [-0.1, -0.05) is 12.2 Å². The van der Waals surface area contributed by atoms with Gasteiger partial charge in [0.1, 0.15) is 5.75 Å². The Hall–Kier alpha value is -1.42. The van der Waals surface area contributed by atoms with Crippen LogP contribution in [0.5, 0.6) is 5.75 Å². The van der Waals surface area contributed by atoms with Gasteiger partial charge in [-0.3, -0.25) is 4.79 Å². The number of carbonyl (C=O) groups excluding carboxylic acids is 1. The number of aromatic hydroxyl groups is 1. The zero-order valence-corrected chi connectivity index (χ0v) is 11.7. The number of phenols is 1. The summed E-state index contributed by atoms with van der Waals surface area (Å²) in [5.74, 6) is 0.757. The summed E-state index contributed by atoms with van der Waals surface area (Å²) in [4.78, 5) is 14.7. The van der Waals surface area contributed by atoms with Crippen molar-refractivity contribution in [1.82, 2.24) is 4.90 Å². The molecule has 0 fully saturated rings. The van der Waals surface area contributed by atoms with Crippen LogP contribution in [0.3, 0.4) is 0 Å². The van der Waals surface area contributed by atoms with E-state index in [0.717, 1.165) is 10.5 Å². The molecular formula is C14H19NO2S. The number of amides is 1. The molecule has 0 unspecified atom stereocenters. The van der Waals surface area contributed by atoms with Crippen molar-refractivity contribution in [3.05, 3.63) is 36.4 Å². The number of hydrogen-bond donors (Lipinski definition) is 1. The fourth-order valence-electron chi connectivity index (χ4n) is 1.48. The molecule has 3 nitrogen and oxygen atoms in total. The Labute approximate surface area is 113 Å². The van der Waals surface area contributed by atoms with Crippen LogP contribution in [0.15, 0.2) is 41.3 Å². The first-order valence-corrected chi connectivity index (χ1v) is 6.85. The third kappa shape index (κ3) is 4.84. The van der Waals surface area contributed by atoms with Crippen molar-refractivity contribution in [1.29, 1.82) is 0 Å². The highest BCUT2D eigenvalue weighted by Gasteiger charge is 2.11. The van der Waals surface area contributed by atoms with E-state index in [2.05, 4.69) is 6.58 Å². The van der Waals surface area contributed by atoms with Gasteiger partial charge in [-0.05, 0) is 38.1 Å². The Kier molecular flexibility index (Phi) is 5.78. The second kappa shape index (κ2) is 7.11. The summed E-state index contributed by atoms with van der Waals surface area (Å²) < 4.78 is 0. The number of benzene rings is 1. The molecule has 98 valence electrons. The number of carbonyl (C=O) groups is 1. The highest BCUT2D eigenvalue weighted by atomic mass is 32.2. The van der Waals surface area contributed by atoms with Crippen LogP contribution < -0.4 is 0 Å². The van der Waals surface area contributed by atoms with Crippen LogP contribution in [0.25, 0.3) is 0 Å². The summed E-state index contributed by atoms with van der Waals surface area (Å²) in [6.45, 7) is 9.02. The predicted molar refractivity (Wildman–Crippen MR) is 75.9 cm³/mol. The Morgan fingerprint density at radius 2 is 2.00 bits per heavy atom. The first-order chi connectivity index (χ1) is 8.52. The summed E-state index contributed by atoms with van der Waals surface area (Å²) in [5.41, 5.74) is 0.986. The van der Waals surface area contributed by atoms with Crippen molar-refractivity contribution < 1.29 is 9.90 Å². The Morgan fingerprint density at radius 3 is 2.50 bits per heavy atom. The van der Waals surface area contributed by atoms with Crippen LogP contribution in [-0.2, 0) is 4.79 Å². The fraction of sp³-hybridized carbons (Fsp3) is 0.357. The van der Waals surface area contributed by atoms with Crippen molar-refractivity contribution in [3.63, 3.8) is 0 Å². The Balaban J connectivity index is 2.49. The van der Waals surface area contributed by atoms with Gasteiger partial charge in [0.15, 0.2) is 0 Å². The monoisotopic (exact) mass is 265 g/mol. The number of hydrogen-bond acceptors (Lipinski definition) is 3. The lowest BCUT2D eigenvalue weighted by Crippen LogP contribution is -2.33. The van der Waals surface area contributed by atoms with Gasteiger partial charge in [0.05, 0.1) is 5.75 Å². The molecule has 1 aromatic carbocycles. The van der Waals surface area contributed by atoms with Gasteiger partial charge in [0.2, 0.25) is 5.91 Å². The molecule has 1 aromatic rings. The molecule has 0 bridgehead atoms. The molecule has 0 heterocycles. The Bertz CT molecular complexity index is 414. The molecule has 0 saturated carbocycles. The van der Waals surface area contributed by atoms with Gasteiger partial charge in [0.25, 0.3) is 0 Å². The summed E-state index contributed by atoms with van der Waals surface area (Å²) in [6.07, 6.45) is 0. The van der Waals surface area contributed by atoms with E-state index in [1.54, 1.807) is 17.0 Å². The van der Waals surface area contributed by atoms with Gasteiger partial charge >= 0.3 is 0 Å². The molecule has 18 heavy (non-hydrogen) atoms. The first-order valence-electron chi connectivity index (χ1n) is 5.87. The van der Waals surface area contributed by atoms with E-state index >= 15 is 0 Å². The highest BCUT2D eigenvalue weighted by molar-refractivity contribution is 8.00. The van der Waals surface area contributed by atoms with Gasteiger partial charge in [-0.15, -0.1) is 11.8 Å². The third-order valence-electron chi connectivity index (χ3n) is 2.39. The van der Waals surface area contributed by atoms with Crippen molar-refractivity contribution in [2.24, 2.45) is 0 Å². The zero-order valence-electron chi connectivity index (χ0n) is 10.8. The summed E-state index contributed by atoms with van der Waals surface area (Å²) in [7, 11) is 0. The van der Waals surface area contributed by atoms with Crippen LogP contribution >= 0.6 is 11.8 Å². The SMILES string of the molecule is C=C(C)CN(CC)C(=O)CSc1ccc(O)cc1. The lowest BCUT2D eigenvalue weighted by Gasteiger charge is -2.20. The van der Waals surface area contributed by atoms with Crippen LogP contribution in [0.4, 0.5) is 0 Å². The molecule has 0 aromatic heterocycles. The van der Waals surface area contributed by atoms with Gasteiger partial charge in [-0.25, -0.2) is 0 Å². The average Bonchev–Trinajstić information content (AvgIpc) is 2.34. The number of rotatable bonds is 6. The first kappa shape index (κ1) is 14.6. The van der Waals surface area contributed by atoms with Gasteiger partial charge < -0.3 is 10.0 Å². The number of likely N-dealkylation sites (N-methyl/N-ethyl adjacent to an activating group) is 1. The molecule has 1 N–H and O–H groups in total. The second-order valence-electron chi connectivity index (χ2n) is 4.15. The van der Waals surface area contributed by atoms with Crippen molar-refractivity contribution in [3.8, 4) is 5.75 Å². The zero-order chi connectivity index (χ0) is 13.5. The molecule has 0 saturated heterocycles. The van der Waals surface area contributed by atoms with Crippen LogP contribution in [0.2, 0.25) is 0 Å². The molecular weight excluding hydrogens is 246 g/mol. The quantitative estimate of drug-likeness (QED) is 0.635. The molecule has 4 heteroatoms. The lowest BCUT2D eigenvalue weighted by molar-refractivity contribution is -0.127. The Morgan fingerprint density at radius 1 is 1.39 bits per heavy atom. The van der Waals surface area contributed by atoms with Crippen molar-refractivity contribution in [2.75, 3.05) is 18.8 Å². The molecule has 0 aliphatic carbocycles. The highest BCUT2D eigenvalue weighted by Crippen LogP contribution is 2.21. The van der Waals surface area contributed by atoms with Gasteiger partial charge in [-0.2, -0.15) is 0 Å². The molecule has 0 radical (unpaired) electrons. The summed E-state index contributed by atoms with van der Waals surface area (Å²) in [6, 6.07) is 6.86. The van der Waals surface area contributed by atoms with E-state index in [-0.39, 0.29) is 11.7 Å². The molecule has 0 aliphatic rings. The fourth-order valence-corrected chi connectivity index (χ4v) is 2.28. The van der Waals surface area contributed by atoms with Crippen LogP contribution in [0.1, 0.15) is 13.8 Å². The average molecular weight is 265 g/mol. The standard InChI is InChI=1S/C14H19NO2S/c1-4-15(9-11(2)3)14(17)10-18-13-7-5-12(16)6-8-13/h5-8,16H,2,4,9-10H2,1,3H3. The van der Waals surface area contributed by atoms with E-state index < -0.39 is 0 Å². The maximum absolute atomic E-state index is 12.0. The van der Waals surface area contributed by atoms with Crippen molar-refractivity contribution in [2.45, 2.75) is 18.7 Å². The topological polar surface area (TPSA) is 40.5 Å². The summed E-state index contributed by atoms with van der Waals surface area (Å²) in [5, 5.41) is 9.17. The minimum atomic E-state index is 0.110. The second-order valence-corrected chi connectivity index (χ2v) is 5.20. The number of nitrogens with zero attached hydrogens (tertiary/aromatic N) is 1. The minimum Gasteiger partial charge on any atom is -0.508 e. The van der Waals surface area contributed by atoms with Crippen molar-refractivity contribution >= 4 is 17.7 Å². The van der Waals surface area contributed by atoms with E-state index in [1.165, 1.54) is 11.8 Å². The molecule has 0 spiro atoms. The number of thioether (sulfide) groups is 1. The van der Waals surface area contributed by atoms with Crippen LogP contribution in [-0.4, -0.2) is 34.8 Å². The smallest absolute Gasteiger partial charge is 0.233 e. The largest absolute Gasteiger partial charge is 0.508 e. The van der Waals surface area contributed by atoms with E-state index in [4.69, 9.17) is 5.11 Å². The molecule has 1 amide bonds. The summed E-state index contributed by atoms with van der Waals surface area (Å²) >= 11 is 1.48. The lowest BCUT2D eigenvalue weighted by atomic mass is 10.3. The maximum atomic E-state index is 12.0. The minimum absolute atomic E-state index is 0.110. The molecule has 0 aliphatic heterocycles. The van der Waals surface area contributed by atoms with Gasteiger partial charge in [0, 0.05) is 18.0 Å². The van der Waals surface area contributed by atoms with E-state index in [1.807, 2.05) is 26.0 Å². The van der Waals surface area contributed by atoms with E-state index in [9.17, 15) is 4.79 Å². The van der Waals surface area contributed by atoms with E-state index in [0.29, 0.717) is 18.8 Å². The normalized spacial score (nSPS) is 10.1. The predicted octanol–water partition coefficient (Wildman–Crippen LogP) is 2.91. The third-order valence-corrected chi connectivity index (χ3v) is 3.39. The molecule has 1 rings (SSSR count).